The van der Waals surface area contributed by atoms with Crippen LogP contribution in [0.4, 0.5) is 11.6 Å². The van der Waals surface area contributed by atoms with Crippen molar-refractivity contribution in [2.45, 2.75) is 6.61 Å². The van der Waals surface area contributed by atoms with Gasteiger partial charge < -0.3 is 10.4 Å². The molecular formula is C10H10N4O. The number of pyridine rings is 1. The lowest BCUT2D eigenvalue weighted by Gasteiger charge is -2.03. The second-order valence-electron chi connectivity index (χ2n) is 2.93. The molecule has 0 radical (unpaired) electrons. The van der Waals surface area contributed by atoms with E-state index in [1.54, 1.807) is 36.9 Å². The molecule has 76 valence electrons. The van der Waals surface area contributed by atoms with Crippen LogP contribution in [0.25, 0.3) is 0 Å². The van der Waals surface area contributed by atoms with Gasteiger partial charge in [-0.1, -0.05) is 6.07 Å². The van der Waals surface area contributed by atoms with Crippen molar-refractivity contribution in [3.63, 3.8) is 0 Å². The van der Waals surface area contributed by atoms with Gasteiger partial charge in [0.1, 0.15) is 11.6 Å². The van der Waals surface area contributed by atoms with E-state index in [2.05, 4.69) is 20.3 Å². The number of anilines is 2. The summed E-state index contributed by atoms with van der Waals surface area (Å²) in [6.07, 6.45) is 6.43. The average Bonchev–Trinajstić information content (AvgIpc) is 2.31. The van der Waals surface area contributed by atoms with Gasteiger partial charge in [-0.25, -0.2) is 9.97 Å². The van der Waals surface area contributed by atoms with Crippen LogP contribution in [0.5, 0.6) is 0 Å². The second kappa shape index (κ2) is 4.47. The molecule has 2 N–H and O–H groups in total. The molecule has 0 amide bonds. The highest BCUT2D eigenvalue weighted by Gasteiger charge is 1.96. The van der Waals surface area contributed by atoms with E-state index < -0.39 is 0 Å². The van der Waals surface area contributed by atoms with Gasteiger partial charge in [0, 0.05) is 18.6 Å². The monoisotopic (exact) mass is 202 g/mol. The van der Waals surface area contributed by atoms with Crippen molar-refractivity contribution in [2.75, 3.05) is 5.32 Å². The molecule has 0 aliphatic carbocycles. The van der Waals surface area contributed by atoms with E-state index >= 15 is 0 Å². The molecule has 2 aromatic rings. The van der Waals surface area contributed by atoms with Crippen molar-refractivity contribution in [1.82, 2.24) is 15.0 Å². The fourth-order valence-corrected chi connectivity index (χ4v) is 1.09. The minimum Gasteiger partial charge on any atom is -0.392 e. The molecule has 0 spiro atoms. The molecule has 5 heteroatoms. The van der Waals surface area contributed by atoms with E-state index in [-0.39, 0.29) is 6.61 Å². The molecule has 0 aliphatic heterocycles. The Morgan fingerprint density at radius 2 is 2.00 bits per heavy atom. The summed E-state index contributed by atoms with van der Waals surface area (Å²) in [5.74, 6) is 1.31. The maximum Gasteiger partial charge on any atom is 0.150 e. The van der Waals surface area contributed by atoms with E-state index in [4.69, 9.17) is 5.11 Å². The summed E-state index contributed by atoms with van der Waals surface area (Å²) in [7, 11) is 0. The number of aromatic nitrogens is 3. The SMILES string of the molecule is OCc1ccc(Nc2cnccn2)nc1. The molecule has 0 aliphatic rings. The topological polar surface area (TPSA) is 70.9 Å². The molecule has 2 heterocycles. The fourth-order valence-electron chi connectivity index (χ4n) is 1.09. The Hall–Kier alpha value is -2.01. The van der Waals surface area contributed by atoms with E-state index in [0.717, 1.165) is 5.56 Å². The van der Waals surface area contributed by atoms with Crippen LogP contribution < -0.4 is 5.32 Å². The van der Waals surface area contributed by atoms with Gasteiger partial charge in [0.2, 0.25) is 0 Å². The molecule has 0 saturated heterocycles. The third-order valence-electron chi connectivity index (χ3n) is 1.83. The molecule has 2 aromatic heterocycles. The zero-order chi connectivity index (χ0) is 10.5. The maximum atomic E-state index is 8.84. The van der Waals surface area contributed by atoms with Crippen LogP contribution in [0.15, 0.2) is 36.9 Å². The van der Waals surface area contributed by atoms with Crippen LogP contribution in [0.2, 0.25) is 0 Å². The molecule has 0 bridgehead atoms. The summed E-state index contributed by atoms with van der Waals surface area (Å²) < 4.78 is 0. The average molecular weight is 202 g/mol. The van der Waals surface area contributed by atoms with Crippen molar-refractivity contribution in [2.24, 2.45) is 0 Å². The number of hydrogen-bond donors (Lipinski definition) is 2. The Bertz CT molecular complexity index is 415. The predicted octanol–water partition coefficient (Wildman–Crippen LogP) is 1.11. The Labute approximate surface area is 86.9 Å². The zero-order valence-electron chi connectivity index (χ0n) is 7.96. The van der Waals surface area contributed by atoms with Crippen LogP contribution in [0.3, 0.4) is 0 Å². The smallest absolute Gasteiger partial charge is 0.150 e. The zero-order valence-corrected chi connectivity index (χ0v) is 7.96. The molecule has 5 nitrogen and oxygen atoms in total. The largest absolute Gasteiger partial charge is 0.392 e. The summed E-state index contributed by atoms with van der Waals surface area (Å²) >= 11 is 0. The third kappa shape index (κ3) is 2.47. The highest BCUT2D eigenvalue weighted by Crippen LogP contribution is 2.10. The van der Waals surface area contributed by atoms with Gasteiger partial charge in [0.15, 0.2) is 0 Å². The van der Waals surface area contributed by atoms with Crippen molar-refractivity contribution in [1.29, 1.82) is 0 Å². The highest BCUT2D eigenvalue weighted by atomic mass is 16.3. The van der Waals surface area contributed by atoms with E-state index in [1.165, 1.54) is 0 Å². The van der Waals surface area contributed by atoms with Crippen molar-refractivity contribution in [3.05, 3.63) is 42.5 Å². The van der Waals surface area contributed by atoms with Gasteiger partial charge in [0.25, 0.3) is 0 Å². The first-order valence-corrected chi connectivity index (χ1v) is 4.47. The van der Waals surface area contributed by atoms with E-state index in [1.807, 2.05) is 0 Å². The first-order valence-electron chi connectivity index (χ1n) is 4.47. The lowest BCUT2D eigenvalue weighted by atomic mass is 10.3. The lowest BCUT2D eigenvalue weighted by Crippen LogP contribution is -1.96. The molecule has 0 atom stereocenters. The van der Waals surface area contributed by atoms with Crippen LogP contribution in [0.1, 0.15) is 5.56 Å². The summed E-state index contributed by atoms with van der Waals surface area (Å²) in [4.78, 5) is 12.1. The van der Waals surface area contributed by atoms with Crippen molar-refractivity contribution < 1.29 is 5.11 Å². The fraction of sp³-hybridized carbons (Fsp3) is 0.100. The molecule has 15 heavy (non-hydrogen) atoms. The number of hydrogen-bond acceptors (Lipinski definition) is 5. The molecule has 0 fully saturated rings. The van der Waals surface area contributed by atoms with Gasteiger partial charge >= 0.3 is 0 Å². The van der Waals surface area contributed by atoms with Crippen molar-refractivity contribution >= 4 is 11.6 Å². The Morgan fingerprint density at radius 3 is 2.60 bits per heavy atom. The van der Waals surface area contributed by atoms with Crippen LogP contribution in [-0.2, 0) is 6.61 Å². The predicted molar refractivity (Wildman–Crippen MR) is 55.5 cm³/mol. The molecule has 0 aromatic carbocycles. The first-order chi connectivity index (χ1) is 7.38. The normalized spacial score (nSPS) is 9.93. The Morgan fingerprint density at radius 1 is 1.07 bits per heavy atom. The van der Waals surface area contributed by atoms with Gasteiger partial charge in [-0.2, -0.15) is 0 Å². The quantitative estimate of drug-likeness (QED) is 0.780. The Balaban J connectivity index is 2.11. The van der Waals surface area contributed by atoms with Crippen molar-refractivity contribution in [3.8, 4) is 0 Å². The summed E-state index contributed by atoms with van der Waals surface area (Å²) in [6.45, 7) is -0.00156. The third-order valence-corrected chi connectivity index (χ3v) is 1.83. The minimum absolute atomic E-state index is 0.00156. The van der Waals surface area contributed by atoms with Gasteiger partial charge in [0.05, 0.1) is 12.8 Å². The van der Waals surface area contributed by atoms with Crippen LogP contribution in [-0.4, -0.2) is 20.1 Å². The Kier molecular flexibility index (Phi) is 2.85. The second-order valence-corrected chi connectivity index (χ2v) is 2.93. The van der Waals surface area contributed by atoms with Gasteiger partial charge in [-0.15, -0.1) is 0 Å². The first kappa shape index (κ1) is 9.54. The summed E-state index contributed by atoms with van der Waals surface area (Å²) in [6, 6.07) is 3.58. The molecule has 2 rings (SSSR count). The molecular weight excluding hydrogens is 192 g/mol. The summed E-state index contributed by atoms with van der Waals surface area (Å²) in [5, 5.41) is 11.8. The number of aliphatic hydroxyl groups is 1. The lowest BCUT2D eigenvalue weighted by molar-refractivity contribution is 0.281. The van der Waals surface area contributed by atoms with Gasteiger partial charge in [-0.3, -0.25) is 4.98 Å². The maximum absolute atomic E-state index is 8.84. The summed E-state index contributed by atoms with van der Waals surface area (Å²) in [5.41, 5.74) is 0.777. The number of nitrogens with one attached hydrogen (secondary N) is 1. The molecule has 0 saturated carbocycles. The van der Waals surface area contributed by atoms with Crippen LogP contribution >= 0.6 is 0 Å². The number of nitrogens with zero attached hydrogens (tertiary/aromatic N) is 3. The molecule has 0 unspecified atom stereocenters. The minimum atomic E-state index is -0.00156. The highest BCUT2D eigenvalue weighted by molar-refractivity contribution is 5.49. The van der Waals surface area contributed by atoms with E-state index in [0.29, 0.717) is 11.6 Å². The van der Waals surface area contributed by atoms with Gasteiger partial charge in [-0.05, 0) is 11.6 Å². The standard InChI is InChI=1S/C10H10N4O/c15-7-8-1-2-9(13-5-8)14-10-6-11-3-4-12-10/h1-6,15H,7H2,(H,12,13,14). The number of aliphatic hydroxyl groups excluding tert-OH is 1. The van der Waals surface area contributed by atoms with E-state index in [9.17, 15) is 0 Å². The number of rotatable bonds is 3. The van der Waals surface area contributed by atoms with Crippen LogP contribution in [0, 0.1) is 0 Å².